The number of benzene rings is 1. The molecule has 2 rings (SSSR count). The van der Waals surface area contributed by atoms with Crippen LogP contribution < -0.4 is 0 Å². The molecule has 0 radical (unpaired) electrons. The molecule has 14 heavy (non-hydrogen) atoms. The fraction of sp³-hybridized carbons (Fsp3) is 0.200. The molecule has 0 bridgehead atoms. The number of hydrogen-bond donors (Lipinski definition) is 0. The lowest BCUT2D eigenvalue weighted by Gasteiger charge is -2.06. The molecule has 0 aliphatic heterocycles. The van der Waals surface area contributed by atoms with Gasteiger partial charge in [0.15, 0.2) is 0 Å². The molecule has 72 valence electrons. The average Bonchev–Trinajstić information content (AvgIpc) is 2.66. The van der Waals surface area contributed by atoms with Gasteiger partial charge in [-0.2, -0.15) is 0 Å². The SMILES string of the molecule is CCc1nncn1-c1ccccc1Cl. The third kappa shape index (κ3) is 1.51. The van der Waals surface area contributed by atoms with Crippen molar-refractivity contribution in [2.75, 3.05) is 0 Å². The highest BCUT2D eigenvalue weighted by molar-refractivity contribution is 6.32. The van der Waals surface area contributed by atoms with Crippen LogP contribution in [0.1, 0.15) is 12.7 Å². The van der Waals surface area contributed by atoms with Crippen LogP contribution >= 0.6 is 11.6 Å². The van der Waals surface area contributed by atoms with Crippen LogP contribution in [0, 0.1) is 0 Å². The summed E-state index contributed by atoms with van der Waals surface area (Å²) >= 11 is 6.07. The summed E-state index contributed by atoms with van der Waals surface area (Å²) in [6.45, 7) is 2.04. The van der Waals surface area contributed by atoms with E-state index in [1.807, 2.05) is 35.8 Å². The van der Waals surface area contributed by atoms with E-state index in [1.165, 1.54) is 0 Å². The maximum absolute atomic E-state index is 6.07. The molecule has 2 aromatic rings. The number of nitrogens with zero attached hydrogens (tertiary/aromatic N) is 3. The summed E-state index contributed by atoms with van der Waals surface area (Å²) in [5.41, 5.74) is 0.927. The Kier molecular flexibility index (Phi) is 2.50. The van der Waals surface area contributed by atoms with Crippen LogP contribution in [0.25, 0.3) is 5.69 Å². The molecule has 0 fully saturated rings. The first-order valence-electron chi connectivity index (χ1n) is 4.46. The maximum Gasteiger partial charge on any atom is 0.137 e. The van der Waals surface area contributed by atoms with E-state index >= 15 is 0 Å². The fourth-order valence-electron chi connectivity index (χ4n) is 1.35. The molecule has 0 atom stereocenters. The van der Waals surface area contributed by atoms with Crippen LogP contribution in [0.3, 0.4) is 0 Å². The van der Waals surface area contributed by atoms with Gasteiger partial charge in [-0.05, 0) is 12.1 Å². The molecule has 0 amide bonds. The molecule has 0 N–H and O–H groups in total. The van der Waals surface area contributed by atoms with Gasteiger partial charge in [0.1, 0.15) is 12.2 Å². The van der Waals surface area contributed by atoms with Crippen molar-refractivity contribution in [2.45, 2.75) is 13.3 Å². The summed E-state index contributed by atoms with van der Waals surface area (Å²) in [4.78, 5) is 0. The predicted octanol–water partition coefficient (Wildman–Crippen LogP) is 2.48. The number of aromatic nitrogens is 3. The molecule has 1 aromatic heterocycles. The first kappa shape index (κ1) is 9.21. The molecule has 0 aliphatic carbocycles. The largest absolute Gasteiger partial charge is 0.284 e. The van der Waals surface area contributed by atoms with Crippen molar-refractivity contribution >= 4 is 11.6 Å². The number of para-hydroxylation sites is 1. The summed E-state index contributed by atoms with van der Waals surface area (Å²) in [5, 5.41) is 8.58. The van der Waals surface area contributed by atoms with Crippen molar-refractivity contribution in [3.8, 4) is 5.69 Å². The number of rotatable bonds is 2. The van der Waals surface area contributed by atoms with Crippen molar-refractivity contribution in [1.29, 1.82) is 0 Å². The van der Waals surface area contributed by atoms with Gasteiger partial charge in [0, 0.05) is 6.42 Å². The molecule has 0 spiro atoms. The van der Waals surface area contributed by atoms with Gasteiger partial charge in [-0.25, -0.2) is 0 Å². The van der Waals surface area contributed by atoms with Crippen LogP contribution in [0.2, 0.25) is 5.02 Å². The lowest BCUT2D eigenvalue weighted by Crippen LogP contribution is -1.99. The fourth-order valence-corrected chi connectivity index (χ4v) is 1.58. The zero-order chi connectivity index (χ0) is 9.97. The monoisotopic (exact) mass is 207 g/mol. The molecule has 0 saturated carbocycles. The van der Waals surface area contributed by atoms with Gasteiger partial charge in [0.2, 0.25) is 0 Å². The van der Waals surface area contributed by atoms with E-state index in [4.69, 9.17) is 11.6 Å². The minimum atomic E-state index is 0.710. The normalized spacial score (nSPS) is 10.4. The Labute approximate surface area is 87.3 Å². The predicted molar refractivity (Wildman–Crippen MR) is 55.7 cm³/mol. The minimum Gasteiger partial charge on any atom is -0.284 e. The van der Waals surface area contributed by atoms with E-state index < -0.39 is 0 Å². The quantitative estimate of drug-likeness (QED) is 0.758. The van der Waals surface area contributed by atoms with Crippen molar-refractivity contribution < 1.29 is 0 Å². The van der Waals surface area contributed by atoms with Crippen LogP contribution in [0.5, 0.6) is 0 Å². The first-order chi connectivity index (χ1) is 6.83. The second-order valence-corrected chi connectivity index (χ2v) is 3.33. The Morgan fingerprint density at radius 2 is 2.14 bits per heavy atom. The van der Waals surface area contributed by atoms with Gasteiger partial charge >= 0.3 is 0 Å². The Bertz CT molecular complexity index is 436. The average molecular weight is 208 g/mol. The van der Waals surface area contributed by atoms with E-state index in [9.17, 15) is 0 Å². The summed E-state index contributed by atoms with van der Waals surface area (Å²) in [7, 11) is 0. The van der Waals surface area contributed by atoms with Crippen LogP contribution in [0.4, 0.5) is 0 Å². The Balaban J connectivity index is 2.54. The van der Waals surface area contributed by atoms with Crippen molar-refractivity contribution in [2.24, 2.45) is 0 Å². The van der Waals surface area contributed by atoms with E-state index in [2.05, 4.69) is 10.2 Å². The van der Waals surface area contributed by atoms with Gasteiger partial charge < -0.3 is 0 Å². The number of aryl methyl sites for hydroxylation is 1. The van der Waals surface area contributed by atoms with Gasteiger partial charge in [-0.15, -0.1) is 10.2 Å². The molecule has 1 heterocycles. The van der Waals surface area contributed by atoms with Gasteiger partial charge in [0.25, 0.3) is 0 Å². The van der Waals surface area contributed by atoms with Crippen molar-refractivity contribution in [3.63, 3.8) is 0 Å². The highest BCUT2D eigenvalue weighted by Gasteiger charge is 2.06. The van der Waals surface area contributed by atoms with Crippen molar-refractivity contribution in [1.82, 2.24) is 14.8 Å². The van der Waals surface area contributed by atoms with Crippen LogP contribution in [-0.2, 0) is 6.42 Å². The smallest absolute Gasteiger partial charge is 0.137 e. The molecular weight excluding hydrogens is 198 g/mol. The standard InChI is InChI=1S/C10H10ClN3/c1-2-10-13-12-7-14(10)9-6-4-3-5-8(9)11/h3-7H,2H2,1H3. The lowest BCUT2D eigenvalue weighted by molar-refractivity contribution is 0.883. The second kappa shape index (κ2) is 3.80. The third-order valence-corrected chi connectivity index (χ3v) is 2.37. The third-order valence-electron chi connectivity index (χ3n) is 2.05. The number of hydrogen-bond acceptors (Lipinski definition) is 2. The van der Waals surface area contributed by atoms with Crippen LogP contribution in [-0.4, -0.2) is 14.8 Å². The van der Waals surface area contributed by atoms with E-state index in [1.54, 1.807) is 6.33 Å². The summed E-state index contributed by atoms with van der Waals surface area (Å²) in [5.74, 6) is 0.915. The molecular formula is C10H10ClN3. The highest BCUT2D eigenvalue weighted by atomic mass is 35.5. The van der Waals surface area contributed by atoms with E-state index in [0.717, 1.165) is 17.9 Å². The van der Waals surface area contributed by atoms with Gasteiger partial charge in [0.05, 0.1) is 10.7 Å². The highest BCUT2D eigenvalue weighted by Crippen LogP contribution is 2.20. The molecule has 0 saturated heterocycles. The van der Waals surface area contributed by atoms with E-state index in [0.29, 0.717) is 5.02 Å². The maximum atomic E-state index is 6.07. The Morgan fingerprint density at radius 3 is 2.86 bits per heavy atom. The Hall–Kier alpha value is -1.35. The van der Waals surface area contributed by atoms with Crippen LogP contribution in [0.15, 0.2) is 30.6 Å². The minimum absolute atomic E-state index is 0.710. The molecule has 0 unspecified atom stereocenters. The summed E-state index contributed by atoms with van der Waals surface area (Å²) < 4.78 is 1.91. The summed E-state index contributed by atoms with van der Waals surface area (Å²) in [6, 6.07) is 7.66. The van der Waals surface area contributed by atoms with Gasteiger partial charge in [-0.3, -0.25) is 4.57 Å². The summed E-state index contributed by atoms with van der Waals surface area (Å²) in [6.07, 6.45) is 2.52. The van der Waals surface area contributed by atoms with Crippen molar-refractivity contribution in [3.05, 3.63) is 41.4 Å². The molecule has 0 aliphatic rings. The number of halogens is 1. The Morgan fingerprint density at radius 1 is 1.36 bits per heavy atom. The topological polar surface area (TPSA) is 30.7 Å². The lowest BCUT2D eigenvalue weighted by atomic mass is 10.3. The molecule has 1 aromatic carbocycles. The molecule has 4 heteroatoms. The zero-order valence-electron chi connectivity index (χ0n) is 7.81. The van der Waals surface area contributed by atoms with E-state index in [-0.39, 0.29) is 0 Å². The van der Waals surface area contributed by atoms with Gasteiger partial charge in [-0.1, -0.05) is 30.7 Å². The first-order valence-corrected chi connectivity index (χ1v) is 4.84. The second-order valence-electron chi connectivity index (χ2n) is 2.92. The zero-order valence-corrected chi connectivity index (χ0v) is 8.57. The molecule has 3 nitrogen and oxygen atoms in total.